The predicted molar refractivity (Wildman–Crippen MR) is 445 cm³/mol. The summed E-state index contributed by atoms with van der Waals surface area (Å²) in [7, 11) is 3.30. The maximum absolute atomic E-state index is 13.4. The second-order valence-corrected chi connectivity index (χ2v) is 27.8. The average molecular weight is 1860 g/mol. The summed E-state index contributed by atoms with van der Waals surface area (Å²) < 4.78 is 115. The Morgan fingerprint density at radius 1 is 0.458 bits per heavy atom. The van der Waals surface area contributed by atoms with Gasteiger partial charge in [0, 0.05) is 32.0 Å². The van der Waals surface area contributed by atoms with E-state index in [1.807, 2.05) is 36.4 Å². The van der Waals surface area contributed by atoms with Crippen LogP contribution in [0.3, 0.4) is 0 Å². The molecule has 3 N–H and O–H groups in total. The number of carbonyl (C=O) groups is 5. The van der Waals surface area contributed by atoms with Crippen LogP contribution in [0.2, 0.25) is 0 Å². The quantitative estimate of drug-likeness (QED) is 0.0230. The molecule has 1 aliphatic rings. The number of carboxylic acids is 1. The molecule has 1 saturated carbocycles. The van der Waals surface area contributed by atoms with Gasteiger partial charge >= 0.3 is 17.6 Å². The fourth-order valence-electron chi connectivity index (χ4n) is 13.8. The SMILES string of the molecule is CC(=O)c1c(O)ccc2cc(F)ccc12.CCOC(=O)Cc1noc2ccc3cc(F)ccc3c12.COc1ccc2cc(Br)ccc2c1.COc1ccc2cc(F)ccc2c1.O=C(O)Cc1noc2ccc3cc(F)ccc3c12.O=C1CCC(c2noc3ccc4cc(F)ccc4c23)C(=O)C1.O=c1cc(O)c2c(ccc3cc(F)ccc32)o1.[CH3-].[W]. The van der Waals surface area contributed by atoms with Gasteiger partial charge in [-0.25, -0.2) is 31.1 Å². The van der Waals surface area contributed by atoms with Gasteiger partial charge < -0.3 is 54.9 Å². The summed E-state index contributed by atoms with van der Waals surface area (Å²) in [6.07, 6.45) is 0.611. The first-order chi connectivity index (χ1) is 56.8. The number of benzene rings is 14. The number of Topliss-reactive ketones (excluding diaryl/α,β-unsaturated/α-hetero) is 3. The molecule has 120 heavy (non-hydrogen) atoms. The Hall–Kier alpha value is -13.6. The second-order valence-electron chi connectivity index (χ2n) is 26.9. The summed E-state index contributed by atoms with van der Waals surface area (Å²) in [6, 6.07) is 61.7. The average Bonchev–Trinajstić information content (AvgIpc) is 1.51. The molecule has 0 saturated heterocycles. The summed E-state index contributed by atoms with van der Waals surface area (Å²) in [5, 5.41) is 53.7. The molecule has 0 amide bonds. The first-order valence-corrected chi connectivity index (χ1v) is 37.2. The molecular weight excluding hydrogens is 1790 g/mol. The Morgan fingerprint density at radius 2 is 0.850 bits per heavy atom. The molecule has 1 atom stereocenters. The Balaban J connectivity index is 0.000000138. The number of nitrogens with zero attached hydrogens (tertiary/aromatic N) is 3. The number of methoxy groups -OCH3 is 2. The minimum Gasteiger partial charge on any atom is -0.507 e. The van der Waals surface area contributed by atoms with Crippen molar-refractivity contribution in [2.45, 2.75) is 51.9 Å². The van der Waals surface area contributed by atoms with E-state index < -0.39 is 17.5 Å². The van der Waals surface area contributed by atoms with E-state index in [0.717, 1.165) is 70.5 Å². The number of aromatic nitrogens is 3. The number of ketones is 3. The molecule has 19 nitrogen and oxygen atoms in total. The zero-order valence-electron chi connectivity index (χ0n) is 64.3. The van der Waals surface area contributed by atoms with Gasteiger partial charge in [-0.3, -0.25) is 24.0 Å². The van der Waals surface area contributed by atoms with Crippen LogP contribution < -0.4 is 15.1 Å². The van der Waals surface area contributed by atoms with E-state index in [1.54, 1.807) is 100 Å². The molecule has 1 aliphatic carbocycles. The largest absolute Gasteiger partial charge is 0.507 e. The summed E-state index contributed by atoms with van der Waals surface area (Å²) in [4.78, 5) is 68.3. The van der Waals surface area contributed by atoms with Crippen LogP contribution in [0.15, 0.2) is 258 Å². The van der Waals surface area contributed by atoms with E-state index in [9.17, 15) is 65.3 Å². The van der Waals surface area contributed by atoms with Crippen molar-refractivity contribution < 1.29 is 119 Å². The number of phenols is 1. The third kappa shape index (κ3) is 20.2. The Morgan fingerprint density at radius 3 is 1.33 bits per heavy atom. The summed E-state index contributed by atoms with van der Waals surface area (Å²) in [5.41, 5.74) is 2.99. The molecule has 1 unspecified atom stereocenters. The van der Waals surface area contributed by atoms with Gasteiger partial charge in [-0.1, -0.05) is 116 Å². The van der Waals surface area contributed by atoms with E-state index in [0.29, 0.717) is 91.0 Å². The maximum Gasteiger partial charge on any atom is 0.339 e. The van der Waals surface area contributed by atoms with E-state index >= 15 is 0 Å². The number of aliphatic carboxylic acids is 1. The predicted octanol–water partition coefficient (Wildman–Crippen LogP) is 22.2. The van der Waals surface area contributed by atoms with Crippen molar-refractivity contribution >= 4 is 165 Å². The van der Waals surface area contributed by atoms with Crippen molar-refractivity contribution in [3.8, 4) is 23.0 Å². The second kappa shape index (κ2) is 38.7. The number of phenolic OH excluding ortho intramolecular Hbond substituents is 1. The van der Waals surface area contributed by atoms with E-state index in [-0.39, 0.29) is 129 Å². The van der Waals surface area contributed by atoms with Gasteiger partial charge in [-0.2, -0.15) is 0 Å². The van der Waals surface area contributed by atoms with Crippen LogP contribution in [0.4, 0.5) is 26.3 Å². The molecule has 14 aromatic carbocycles. The van der Waals surface area contributed by atoms with E-state index in [4.69, 9.17) is 37.3 Å². The van der Waals surface area contributed by atoms with Crippen molar-refractivity contribution in [2.24, 2.45) is 0 Å². The van der Waals surface area contributed by atoms with Crippen molar-refractivity contribution in [3.63, 3.8) is 0 Å². The number of carbonyl (C=O) groups excluding carboxylic acids is 4. The number of carboxylic acid groups (broad SMARTS) is 1. The molecule has 4 heterocycles. The molecule has 19 rings (SSSR count). The molecule has 18 aromatic rings. The topological polar surface area (TPSA) is 282 Å². The molecule has 1 fully saturated rings. The number of esters is 1. The maximum atomic E-state index is 13.4. The van der Waals surface area contributed by atoms with Crippen molar-refractivity contribution in [2.75, 3.05) is 20.8 Å². The normalized spacial score (nSPS) is 12.2. The molecule has 27 heteroatoms. The van der Waals surface area contributed by atoms with Crippen molar-refractivity contribution in [1.82, 2.24) is 15.5 Å². The molecular formula is C93H69BrF6N3O16W-. The van der Waals surface area contributed by atoms with Gasteiger partial charge in [0.05, 0.1) is 79.2 Å². The van der Waals surface area contributed by atoms with Crippen LogP contribution in [0.5, 0.6) is 23.0 Å². The van der Waals surface area contributed by atoms with Crippen LogP contribution in [0.1, 0.15) is 66.5 Å². The number of rotatable bonds is 9. The molecule has 4 aromatic heterocycles. The van der Waals surface area contributed by atoms with Gasteiger partial charge in [0.2, 0.25) is 0 Å². The standard InChI is InChI=1S/C17H12FNO3.C15H12FNO3.C13H8FNO3.C13H7FO3.C12H9FO2.C11H9BrO.C11H9FO.CH3.W/c18-10-2-4-12-9(7-10)1-6-15-16(12)17(19-22-15)13-5-3-11(20)8-14(13)21;1-2-19-14(18)8-12-15-11-5-4-10(16)7-9(11)3-6-13(15)20-17-12;14-8-2-3-9-7(5-8)1-4-11-13(9)10(15-18-11)6-12(16)17;14-8-2-3-9-7(5-8)1-4-11-13(9)10(15)6-12(16)17-11;1-7(14)12-10-4-3-9(13)6-8(10)2-5-11(12)15;2*1-13-11-5-3-8-6-10(12)4-2-9(8)7-11;;/h1-2,4,6-7,13H,3,5,8H2;3-7H,2,8H2,1H3;1-5H,6H2,(H,16,17);1-6,15H;2-6,15H,1H3;2*2-7H,1H3;1H3;/q;;;;;;;-1;. The van der Waals surface area contributed by atoms with Crippen LogP contribution in [-0.4, -0.2) is 80.9 Å². The molecule has 0 aliphatic heterocycles. The smallest absolute Gasteiger partial charge is 0.339 e. The number of ether oxygens (including phenoxy) is 3. The van der Waals surface area contributed by atoms with Crippen LogP contribution >= 0.6 is 15.9 Å². The van der Waals surface area contributed by atoms with E-state index in [1.165, 1.54) is 109 Å². The minimum atomic E-state index is -0.982. The zero-order valence-corrected chi connectivity index (χ0v) is 68.8. The van der Waals surface area contributed by atoms with Crippen molar-refractivity contribution in [3.05, 3.63) is 310 Å². The number of hydrogen-bond donors (Lipinski definition) is 3. The first kappa shape index (κ1) is 87.3. The van der Waals surface area contributed by atoms with Gasteiger partial charge in [0.1, 0.15) is 92.1 Å². The van der Waals surface area contributed by atoms with Crippen LogP contribution in [-0.2, 0) is 57.8 Å². The van der Waals surface area contributed by atoms with Gasteiger partial charge in [-0.05, 0) is 235 Å². The molecule has 0 spiro atoms. The molecule has 608 valence electrons. The summed E-state index contributed by atoms with van der Waals surface area (Å²) in [5.74, 6) is -2.56. The Labute approximate surface area is 700 Å². The van der Waals surface area contributed by atoms with Gasteiger partial charge in [-0.15, -0.1) is 0 Å². The van der Waals surface area contributed by atoms with Crippen molar-refractivity contribution in [1.29, 1.82) is 0 Å². The zero-order chi connectivity index (χ0) is 83.6. The van der Waals surface area contributed by atoms with Crippen LogP contribution in [0, 0.1) is 42.3 Å². The summed E-state index contributed by atoms with van der Waals surface area (Å²) >= 11 is 3.44. The fraction of sp³-hybridized carbons (Fsp3) is 0.118. The van der Waals surface area contributed by atoms with Gasteiger partial charge in [0.25, 0.3) is 0 Å². The number of halogens is 7. The third-order valence-electron chi connectivity index (χ3n) is 19.1. The molecule has 0 radical (unpaired) electrons. The monoisotopic (exact) mass is 1860 g/mol. The van der Waals surface area contributed by atoms with Gasteiger partial charge in [0.15, 0.2) is 22.5 Å². The summed E-state index contributed by atoms with van der Waals surface area (Å²) in [6.45, 7) is 3.44. The number of fused-ring (bicyclic) bond motifs is 15. The first-order valence-electron chi connectivity index (χ1n) is 36.4. The van der Waals surface area contributed by atoms with E-state index in [2.05, 4.69) is 49.6 Å². The third-order valence-corrected chi connectivity index (χ3v) is 19.6. The number of hydrogen-bond acceptors (Lipinski definition) is 18. The number of aromatic hydroxyl groups is 2. The Bertz CT molecular complexity index is 6930. The fourth-order valence-corrected chi connectivity index (χ4v) is 14.1. The van der Waals surface area contributed by atoms with Crippen LogP contribution in [0.25, 0.3) is 119 Å². The Kier molecular flexibility index (Phi) is 28.1. The molecule has 0 bridgehead atoms. The minimum absolute atomic E-state index is 0.